The number of hydrogen-bond donors (Lipinski definition) is 1. The van der Waals surface area contributed by atoms with Crippen LogP contribution in [0.25, 0.3) is 0 Å². The molecule has 2 fully saturated rings. The van der Waals surface area contributed by atoms with E-state index in [1.165, 1.54) is 19.3 Å². The van der Waals surface area contributed by atoms with Crippen LogP contribution in [0.4, 0.5) is 0 Å². The number of aryl methyl sites for hydroxylation is 2. The van der Waals surface area contributed by atoms with E-state index in [0.717, 1.165) is 24.0 Å². The van der Waals surface area contributed by atoms with E-state index in [2.05, 4.69) is 4.72 Å². The zero-order valence-electron chi connectivity index (χ0n) is 12.5. The van der Waals surface area contributed by atoms with E-state index in [0.29, 0.717) is 5.41 Å². The molecular weight excluding hydrogens is 286 g/mol. The van der Waals surface area contributed by atoms with E-state index < -0.39 is 10.0 Å². The summed E-state index contributed by atoms with van der Waals surface area (Å²) in [4.78, 5) is 12.3. The van der Waals surface area contributed by atoms with Crippen LogP contribution in [0.5, 0.6) is 0 Å². The molecule has 0 aliphatic heterocycles. The SMILES string of the molecule is Cc1ccc(S(=O)(=O)NC(=O)C2CC3(CCC3)C2)cc1C. The highest BCUT2D eigenvalue weighted by Gasteiger charge is 2.50. The smallest absolute Gasteiger partial charge is 0.264 e. The van der Waals surface area contributed by atoms with Crippen LogP contribution in [0.3, 0.4) is 0 Å². The molecule has 0 aromatic heterocycles. The van der Waals surface area contributed by atoms with Crippen molar-refractivity contribution in [3.63, 3.8) is 0 Å². The van der Waals surface area contributed by atoms with E-state index in [4.69, 9.17) is 0 Å². The number of sulfonamides is 1. The van der Waals surface area contributed by atoms with Gasteiger partial charge in [0.05, 0.1) is 4.90 Å². The molecule has 1 amide bonds. The molecule has 3 rings (SSSR count). The predicted octanol–water partition coefficient (Wildman–Crippen LogP) is 2.69. The van der Waals surface area contributed by atoms with E-state index in [1.807, 2.05) is 13.8 Å². The first kappa shape index (κ1) is 14.6. The summed E-state index contributed by atoms with van der Waals surface area (Å²) in [6.45, 7) is 3.79. The summed E-state index contributed by atoms with van der Waals surface area (Å²) in [5, 5.41) is 0. The van der Waals surface area contributed by atoms with Crippen molar-refractivity contribution < 1.29 is 13.2 Å². The Morgan fingerprint density at radius 3 is 2.38 bits per heavy atom. The highest BCUT2D eigenvalue weighted by atomic mass is 32.2. The van der Waals surface area contributed by atoms with Crippen LogP contribution in [0, 0.1) is 25.2 Å². The van der Waals surface area contributed by atoms with Gasteiger partial charge in [0.25, 0.3) is 10.0 Å². The van der Waals surface area contributed by atoms with Crippen LogP contribution < -0.4 is 4.72 Å². The van der Waals surface area contributed by atoms with Crippen molar-refractivity contribution in [3.05, 3.63) is 29.3 Å². The van der Waals surface area contributed by atoms with Gasteiger partial charge in [0, 0.05) is 5.92 Å². The quantitative estimate of drug-likeness (QED) is 0.934. The highest BCUT2D eigenvalue weighted by molar-refractivity contribution is 7.90. The summed E-state index contributed by atoms with van der Waals surface area (Å²) in [6.07, 6.45) is 5.33. The third-order valence-electron chi connectivity index (χ3n) is 5.17. The number of carbonyl (C=O) groups is 1. The molecular formula is C16H21NO3S. The van der Waals surface area contributed by atoms with Crippen LogP contribution in [0.15, 0.2) is 23.1 Å². The molecule has 114 valence electrons. The Hall–Kier alpha value is -1.36. The Bertz CT molecular complexity index is 681. The minimum absolute atomic E-state index is 0.133. The van der Waals surface area contributed by atoms with E-state index in [-0.39, 0.29) is 16.7 Å². The summed E-state index contributed by atoms with van der Waals surface area (Å²) in [6, 6.07) is 4.92. The van der Waals surface area contributed by atoms with Gasteiger partial charge in [-0.3, -0.25) is 4.79 Å². The first-order valence-electron chi connectivity index (χ1n) is 7.45. The third kappa shape index (κ3) is 2.59. The predicted molar refractivity (Wildman–Crippen MR) is 80.3 cm³/mol. The van der Waals surface area contributed by atoms with Gasteiger partial charge in [-0.25, -0.2) is 13.1 Å². The lowest BCUT2D eigenvalue weighted by Gasteiger charge is -2.53. The fraction of sp³-hybridized carbons (Fsp3) is 0.562. The Morgan fingerprint density at radius 2 is 1.86 bits per heavy atom. The van der Waals surface area contributed by atoms with Gasteiger partial charge in [-0.2, -0.15) is 0 Å². The summed E-state index contributed by atoms with van der Waals surface area (Å²) >= 11 is 0. The monoisotopic (exact) mass is 307 g/mol. The molecule has 0 atom stereocenters. The normalized spacial score (nSPS) is 20.7. The molecule has 0 heterocycles. The Labute approximate surface area is 126 Å². The number of rotatable bonds is 3. The minimum atomic E-state index is -3.75. The van der Waals surface area contributed by atoms with Gasteiger partial charge in [-0.05, 0) is 68.2 Å². The lowest BCUT2D eigenvalue weighted by atomic mass is 9.52. The summed E-state index contributed by atoms with van der Waals surface area (Å²) in [5.41, 5.74) is 2.31. The molecule has 4 nitrogen and oxygen atoms in total. The molecule has 1 N–H and O–H groups in total. The molecule has 21 heavy (non-hydrogen) atoms. The fourth-order valence-electron chi connectivity index (χ4n) is 3.41. The number of hydrogen-bond acceptors (Lipinski definition) is 3. The van der Waals surface area contributed by atoms with Crippen molar-refractivity contribution in [3.8, 4) is 0 Å². The molecule has 0 saturated heterocycles. The molecule has 2 aliphatic rings. The van der Waals surface area contributed by atoms with Crippen LogP contribution in [-0.4, -0.2) is 14.3 Å². The summed E-state index contributed by atoms with van der Waals surface area (Å²) < 4.78 is 26.8. The number of amides is 1. The average Bonchev–Trinajstić information content (AvgIpc) is 2.28. The van der Waals surface area contributed by atoms with Gasteiger partial charge < -0.3 is 0 Å². The van der Waals surface area contributed by atoms with Crippen molar-refractivity contribution in [2.75, 3.05) is 0 Å². The Balaban J connectivity index is 1.68. The minimum Gasteiger partial charge on any atom is -0.274 e. The van der Waals surface area contributed by atoms with Crippen LogP contribution in [0.2, 0.25) is 0 Å². The van der Waals surface area contributed by atoms with Gasteiger partial charge >= 0.3 is 0 Å². The second kappa shape index (κ2) is 4.83. The number of benzene rings is 1. The first-order valence-corrected chi connectivity index (χ1v) is 8.94. The zero-order valence-corrected chi connectivity index (χ0v) is 13.3. The third-order valence-corrected chi connectivity index (χ3v) is 6.51. The molecule has 1 aromatic rings. The maximum atomic E-state index is 12.3. The molecule has 0 radical (unpaired) electrons. The topological polar surface area (TPSA) is 63.2 Å². The molecule has 1 spiro atoms. The summed E-state index contributed by atoms with van der Waals surface area (Å²) in [5.74, 6) is -0.475. The van der Waals surface area contributed by atoms with Gasteiger partial charge in [-0.15, -0.1) is 0 Å². The van der Waals surface area contributed by atoms with Crippen LogP contribution in [0.1, 0.15) is 43.2 Å². The molecule has 2 aliphatic carbocycles. The second-order valence-electron chi connectivity index (χ2n) is 6.67. The molecule has 0 unspecified atom stereocenters. The Morgan fingerprint density at radius 1 is 1.19 bits per heavy atom. The van der Waals surface area contributed by atoms with Gasteiger partial charge in [0.15, 0.2) is 0 Å². The van der Waals surface area contributed by atoms with Gasteiger partial charge in [0.2, 0.25) is 5.91 Å². The molecule has 2 saturated carbocycles. The number of carbonyl (C=O) groups excluding carboxylic acids is 1. The van der Waals surface area contributed by atoms with E-state index in [9.17, 15) is 13.2 Å². The van der Waals surface area contributed by atoms with Crippen LogP contribution >= 0.6 is 0 Å². The lowest BCUT2D eigenvalue weighted by molar-refractivity contribution is -0.134. The Kier molecular flexibility index (Phi) is 3.35. The second-order valence-corrected chi connectivity index (χ2v) is 8.36. The average molecular weight is 307 g/mol. The summed E-state index contributed by atoms with van der Waals surface area (Å²) in [7, 11) is -3.75. The van der Waals surface area contributed by atoms with Crippen molar-refractivity contribution in [2.24, 2.45) is 11.3 Å². The van der Waals surface area contributed by atoms with Crippen LogP contribution in [-0.2, 0) is 14.8 Å². The molecule has 5 heteroatoms. The van der Waals surface area contributed by atoms with Crippen molar-refractivity contribution in [1.29, 1.82) is 0 Å². The lowest BCUT2D eigenvalue weighted by Crippen LogP contribution is -2.49. The van der Waals surface area contributed by atoms with E-state index in [1.54, 1.807) is 18.2 Å². The maximum Gasteiger partial charge on any atom is 0.264 e. The largest absolute Gasteiger partial charge is 0.274 e. The molecule has 0 bridgehead atoms. The van der Waals surface area contributed by atoms with Crippen molar-refractivity contribution in [2.45, 2.75) is 50.8 Å². The van der Waals surface area contributed by atoms with Crippen molar-refractivity contribution in [1.82, 2.24) is 4.72 Å². The standard InChI is InChI=1S/C16H21NO3S/c1-11-4-5-14(8-12(11)2)21(19,20)17-15(18)13-9-16(10-13)6-3-7-16/h4-5,8,13H,3,6-7,9-10H2,1-2H3,(H,17,18). The van der Waals surface area contributed by atoms with Gasteiger partial charge in [-0.1, -0.05) is 12.5 Å². The maximum absolute atomic E-state index is 12.3. The first-order chi connectivity index (χ1) is 9.81. The number of nitrogens with one attached hydrogen (secondary N) is 1. The highest BCUT2D eigenvalue weighted by Crippen LogP contribution is 2.58. The molecule has 1 aromatic carbocycles. The van der Waals surface area contributed by atoms with Gasteiger partial charge in [0.1, 0.15) is 0 Å². The van der Waals surface area contributed by atoms with Crippen molar-refractivity contribution >= 4 is 15.9 Å². The fourth-order valence-corrected chi connectivity index (χ4v) is 4.54. The van der Waals surface area contributed by atoms with E-state index >= 15 is 0 Å². The zero-order chi connectivity index (χ0) is 15.3.